The lowest BCUT2D eigenvalue weighted by Crippen LogP contribution is -2.25. The molecular weight excluding hydrogens is 362 g/mol. The summed E-state index contributed by atoms with van der Waals surface area (Å²) >= 11 is 6.73. The zero-order chi connectivity index (χ0) is 13.5. The van der Waals surface area contributed by atoms with E-state index >= 15 is 0 Å². The number of nitrogens with one attached hydrogen (secondary N) is 1. The predicted molar refractivity (Wildman–Crippen MR) is 79.9 cm³/mol. The molecule has 5 heteroatoms. The summed E-state index contributed by atoms with van der Waals surface area (Å²) in [5.74, 6) is -0.0704. The standard InChI is InChI=1S/C13H17Br2NO2/c1-9(2)18-7-3-6-16-13(17)11-5-4-10(14)8-12(11)15/h4-5,8-9H,3,6-7H2,1-2H3,(H,16,17). The molecule has 0 saturated carbocycles. The summed E-state index contributed by atoms with van der Waals surface area (Å²) in [5.41, 5.74) is 0.642. The molecule has 0 fully saturated rings. The van der Waals surface area contributed by atoms with Crippen LogP contribution in [0.1, 0.15) is 30.6 Å². The van der Waals surface area contributed by atoms with Gasteiger partial charge in [0, 0.05) is 22.1 Å². The Kier molecular flexibility index (Phi) is 6.89. The first-order valence-corrected chi connectivity index (χ1v) is 7.44. The van der Waals surface area contributed by atoms with Crippen molar-refractivity contribution in [2.45, 2.75) is 26.4 Å². The van der Waals surface area contributed by atoms with E-state index in [-0.39, 0.29) is 12.0 Å². The number of halogens is 2. The molecule has 1 amide bonds. The third-order valence-corrected chi connectivity index (χ3v) is 3.38. The highest BCUT2D eigenvalue weighted by Gasteiger charge is 2.09. The van der Waals surface area contributed by atoms with Crippen LogP contribution in [0.3, 0.4) is 0 Å². The van der Waals surface area contributed by atoms with Gasteiger partial charge in [-0.2, -0.15) is 0 Å². The number of carbonyl (C=O) groups is 1. The highest BCUT2D eigenvalue weighted by Crippen LogP contribution is 2.21. The molecule has 0 aliphatic carbocycles. The maximum atomic E-state index is 11.9. The second-order valence-corrected chi connectivity index (χ2v) is 5.92. The van der Waals surface area contributed by atoms with Gasteiger partial charge in [-0.1, -0.05) is 15.9 Å². The van der Waals surface area contributed by atoms with Crippen molar-refractivity contribution in [1.29, 1.82) is 0 Å². The van der Waals surface area contributed by atoms with Gasteiger partial charge >= 0.3 is 0 Å². The fourth-order valence-corrected chi connectivity index (χ4v) is 2.59. The largest absolute Gasteiger partial charge is 0.379 e. The molecule has 100 valence electrons. The molecule has 0 radical (unpaired) electrons. The summed E-state index contributed by atoms with van der Waals surface area (Å²) in [5, 5.41) is 2.87. The topological polar surface area (TPSA) is 38.3 Å². The lowest BCUT2D eigenvalue weighted by Gasteiger charge is -2.09. The molecule has 0 aromatic heterocycles. The van der Waals surface area contributed by atoms with Crippen molar-refractivity contribution in [2.75, 3.05) is 13.2 Å². The number of benzene rings is 1. The van der Waals surface area contributed by atoms with E-state index in [9.17, 15) is 4.79 Å². The number of carbonyl (C=O) groups excluding carboxylic acids is 1. The Hall–Kier alpha value is -0.390. The number of hydrogen-bond donors (Lipinski definition) is 1. The maximum Gasteiger partial charge on any atom is 0.252 e. The van der Waals surface area contributed by atoms with Crippen LogP contribution in [0, 0.1) is 0 Å². The van der Waals surface area contributed by atoms with Crippen molar-refractivity contribution in [3.05, 3.63) is 32.7 Å². The minimum atomic E-state index is -0.0704. The van der Waals surface area contributed by atoms with Gasteiger partial charge in [-0.3, -0.25) is 4.79 Å². The molecule has 0 unspecified atom stereocenters. The Bertz CT molecular complexity index is 408. The van der Waals surface area contributed by atoms with E-state index in [0.29, 0.717) is 18.7 Å². The Morgan fingerprint density at radius 3 is 2.72 bits per heavy atom. The fraction of sp³-hybridized carbons (Fsp3) is 0.462. The van der Waals surface area contributed by atoms with Gasteiger partial charge in [0.05, 0.1) is 11.7 Å². The van der Waals surface area contributed by atoms with Gasteiger partial charge in [-0.05, 0) is 54.4 Å². The first-order chi connectivity index (χ1) is 8.50. The van der Waals surface area contributed by atoms with Crippen molar-refractivity contribution in [3.8, 4) is 0 Å². The van der Waals surface area contributed by atoms with Crippen molar-refractivity contribution < 1.29 is 9.53 Å². The van der Waals surface area contributed by atoms with Crippen LogP contribution >= 0.6 is 31.9 Å². The van der Waals surface area contributed by atoms with Gasteiger partial charge < -0.3 is 10.1 Å². The molecule has 1 aromatic rings. The third-order valence-electron chi connectivity index (χ3n) is 2.23. The highest BCUT2D eigenvalue weighted by atomic mass is 79.9. The summed E-state index contributed by atoms with van der Waals surface area (Å²) in [7, 11) is 0. The minimum absolute atomic E-state index is 0.0704. The normalized spacial score (nSPS) is 10.7. The molecule has 0 bridgehead atoms. The van der Waals surface area contributed by atoms with E-state index in [4.69, 9.17) is 4.74 Å². The summed E-state index contributed by atoms with van der Waals surface area (Å²) in [6.45, 7) is 5.28. The summed E-state index contributed by atoms with van der Waals surface area (Å²) in [6.07, 6.45) is 1.05. The Labute approximate surface area is 125 Å². The fourth-order valence-electron chi connectivity index (χ4n) is 1.36. The lowest BCUT2D eigenvalue weighted by molar-refractivity contribution is 0.0757. The molecule has 0 aliphatic rings. The van der Waals surface area contributed by atoms with Crippen LogP contribution in [-0.4, -0.2) is 25.2 Å². The van der Waals surface area contributed by atoms with E-state index in [1.54, 1.807) is 6.07 Å². The van der Waals surface area contributed by atoms with Crippen LogP contribution in [0.5, 0.6) is 0 Å². The Morgan fingerprint density at radius 1 is 1.39 bits per heavy atom. The summed E-state index contributed by atoms with van der Waals surface area (Å²) in [6, 6.07) is 5.49. The van der Waals surface area contributed by atoms with Gasteiger partial charge in [0.2, 0.25) is 0 Å². The highest BCUT2D eigenvalue weighted by molar-refractivity contribution is 9.11. The van der Waals surface area contributed by atoms with Crippen LogP contribution in [0.4, 0.5) is 0 Å². The molecule has 0 atom stereocenters. The van der Waals surface area contributed by atoms with Crippen LogP contribution in [0.15, 0.2) is 27.1 Å². The van der Waals surface area contributed by atoms with Crippen LogP contribution < -0.4 is 5.32 Å². The van der Waals surface area contributed by atoms with E-state index < -0.39 is 0 Å². The first-order valence-electron chi connectivity index (χ1n) is 5.85. The van der Waals surface area contributed by atoms with Crippen molar-refractivity contribution in [2.24, 2.45) is 0 Å². The van der Waals surface area contributed by atoms with Gasteiger partial charge in [0.25, 0.3) is 5.91 Å². The maximum absolute atomic E-state index is 11.9. The first kappa shape index (κ1) is 15.7. The van der Waals surface area contributed by atoms with Crippen LogP contribution in [0.25, 0.3) is 0 Å². The SMILES string of the molecule is CC(C)OCCCNC(=O)c1ccc(Br)cc1Br. The smallest absolute Gasteiger partial charge is 0.252 e. The van der Waals surface area contributed by atoms with Gasteiger partial charge in [0.1, 0.15) is 0 Å². The lowest BCUT2D eigenvalue weighted by atomic mass is 10.2. The Balaban J connectivity index is 2.36. The molecule has 0 saturated heterocycles. The van der Waals surface area contributed by atoms with E-state index in [0.717, 1.165) is 15.4 Å². The van der Waals surface area contributed by atoms with E-state index in [1.807, 2.05) is 26.0 Å². The van der Waals surface area contributed by atoms with E-state index in [1.165, 1.54) is 0 Å². The monoisotopic (exact) mass is 377 g/mol. The minimum Gasteiger partial charge on any atom is -0.379 e. The van der Waals surface area contributed by atoms with E-state index in [2.05, 4.69) is 37.2 Å². The molecule has 1 aromatic carbocycles. The van der Waals surface area contributed by atoms with Crippen molar-refractivity contribution in [3.63, 3.8) is 0 Å². The second kappa shape index (κ2) is 7.92. The average Bonchev–Trinajstić information content (AvgIpc) is 2.27. The molecule has 0 heterocycles. The molecule has 0 spiro atoms. The zero-order valence-electron chi connectivity index (χ0n) is 10.5. The zero-order valence-corrected chi connectivity index (χ0v) is 13.7. The molecular formula is C13H17Br2NO2. The van der Waals surface area contributed by atoms with Crippen molar-refractivity contribution >= 4 is 37.8 Å². The second-order valence-electron chi connectivity index (χ2n) is 4.15. The predicted octanol–water partition coefficient (Wildman–Crippen LogP) is 3.76. The van der Waals surface area contributed by atoms with Gasteiger partial charge in [0.15, 0.2) is 0 Å². The van der Waals surface area contributed by atoms with Gasteiger partial charge in [-0.15, -0.1) is 0 Å². The number of ether oxygens (including phenoxy) is 1. The number of rotatable bonds is 6. The molecule has 1 rings (SSSR count). The molecule has 18 heavy (non-hydrogen) atoms. The average molecular weight is 379 g/mol. The molecule has 0 aliphatic heterocycles. The van der Waals surface area contributed by atoms with Gasteiger partial charge in [-0.25, -0.2) is 0 Å². The Morgan fingerprint density at radius 2 is 2.11 bits per heavy atom. The summed E-state index contributed by atoms with van der Waals surface area (Å²) in [4.78, 5) is 11.9. The summed E-state index contributed by atoms with van der Waals surface area (Å²) < 4.78 is 7.13. The molecule has 3 nitrogen and oxygen atoms in total. The number of amides is 1. The van der Waals surface area contributed by atoms with Crippen molar-refractivity contribution in [1.82, 2.24) is 5.32 Å². The van der Waals surface area contributed by atoms with Crippen LogP contribution in [0.2, 0.25) is 0 Å². The molecule has 1 N–H and O–H groups in total. The number of hydrogen-bond acceptors (Lipinski definition) is 2. The third kappa shape index (κ3) is 5.50. The quantitative estimate of drug-likeness (QED) is 0.765. The van der Waals surface area contributed by atoms with Crippen LogP contribution in [-0.2, 0) is 4.74 Å².